The van der Waals surface area contributed by atoms with Crippen LogP contribution in [0.1, 0.15) is 5.76 Å². The fourth-order valence-corrected chi connectivity index (χ4v) is 2.77. The lowest BCUT2D eigenvalue weighted by molar-refractivity contribution is -0.111. The van der Waals surface area contributed by atoms with Gasteiger partial charge in [0.2, 0.25) is 11.7 Å². The third-order valence-electron chi connectivity index (χ3n) is 3.68. The number of hydrogen-bond donors (Lipinski definition) is 1. The maximum atomic E-state index is 12.0. The Kier molecular flexibility index (Phi) is 4.37. The summed E-state index contributed by atoms with van der Waals surface area (Å²) < 4.78 is 7.79. The van der Waals surface area contributed by atoms with Gasteiger partial charge in [-0.25, -0.2) is 9.97 Å². The van der Waals surface area contributed by atoms with Crippen LogP contribution < -0.4 is 5.32 Å². The molecule has 26 heavy (non-hydrogen) atoms. The number of imidazole rings is 1. The highest BCUT2D eigenvalue weighted by Gasteiger charge is 2.05. The fraction of sp³-hybridized carbons (Fsp3) is 0. The Bertz CT molecular complexity index is 1060. The minimum atomic E-state index is -0.234. The number of fused-ring (bicyclic) bond motifs is 1. The summed E-state index contributed by atoms with van der Waals surface area (Å²) in [6.07, 6.45) is 8.56. The first kappa shape index (κ1) is 16.3. The summed E-state index contributed by atoms with van der Waals surface area (Å²) in [5, 5.41) is 2.81. The van der Waals surface area contributed by atoms with Crippen molar-refractivity contribution in [3.05, 3.63) is 77.6 Å². The number of carbonyl (C=O) groups is 1. The summed E-state index contributed by atoms with van der Waals surface area (Å²) in [6, 6.07) is 12.9. The van der Waals surface area contributed by atoms with Crippen LogP contribution in [0.2, 0.25) is 0 Å². The Balaban J connectivity index is 1.45. The topological polar surface area (TPSA) is 72.4 Å². The second kappa shape index (κ2) is 6.97. The van der Waals surface area contributed by atoms with Gasteiger partial charge in [0, 0.05) is 35.9 Å². The van der Waals surface area contributed by atoms with Gasteiger partial charge in [0.25, 0.3) is 0 Å². The molecule has 0 saturated carbocycles. The van der Waals surface area contributed by atoms with Crippen molar-refractivity contribution in [2.45, 2.75) is 0 Å². The van der Waals surface area contributed by atoms with Gasteiger partial charge in [0.15, 0.2) is 4.67 Å². The van der Waals surface area contributed by atoms with Crippen molar-refractivity contribution in [1.82, 2.24) is 14.4 Å². The molecular weight excluding hydrogens is 396 g/mol. The first-order valence-electron chi connectivity index (χ1n) is 7.82. The van der Waals surface area contributed by atoms with Crippen LogP contribution in [0.15, 0.2) is 76.2 Å². The smallest absolute Gasteiger partial charge is 0.248 e. The number of aromatic nitrogens is 3. The van der Waals surface area contributed by atoms with Crippen molar-refractivity contribution < 1.29 is 9.21 Å². The molecule has 0 bridgehead atoms. The SMILES string of the molecule is O=C(/C=C/c1ccc(Br)o1)Nc1ccc(-c2cn3cccnc3n2)cc1. The number of benzene rings is 1. The third kappa shape index (κ3) is 3.57. The summed E-state index contributed by atoms with van der Waals surface area (Å²) in [7, 11) is 0. The highest BCUT2D eigenvalue weighted by Crippen LogP contribution is 2.21. The molecule has 4 rings (SSSR count). The number of nitrogens with one attached hydrogen (secondary N) is 1. The number of hydrogen-bond acceptors (Lipinski definition) is 4. The predicted octanol–water partition coefficient (Wildman–Crippen LogP) is 4.40. The van der Waals surface area contributed by atoms with Gasteiger partial charge in [-0.1, -0.05) is 12.1 Å². The van der Waals surface area contributed by atoms with Crippen LogP contribution in [-0.2, 0) is 4.79 Å². The molecule has 0 aliphatic heterocycles. The average molecular weight is 409 g/mol. The second-order valence-electron chi connectivity index (χ2n) is 5.49. The largest absolute Gasteiger partial charge is 0.450 e. The number of rotatable bonds is 4. The molecule has 6 nitrogen and oxygen atoms in total. The van der Waals surface area contributed by atoms with E-state index in [0.717, 1.165) is 11.3 Å². The molecule has 128 valence electrons. The monoisotopic (exact) mass is 408 g/mol. The number of amides is 1. The second-order valence-corrected chi connectivity index (χ2v) is 6.28. The quantitative estimate of drug-likeness (QED) is 0.507. The van der Waals surface area contributed by atoms with E-state index >= 15 is 0 Å². The van der Waals surface area contributed by atoms with Gasteiger partial charge in [-0.2, -0.15) is 0 Å². The lowest BCUT2D eigenvalue weighted by atomic mass is 10.1. The Morgan fingerprint density at radius 3 is 2.77 bits per heavy atom. The van der Waals surface area contributed by atoms with E-state index in [2.05, 4.69) is 31.2 Å². The van der Waals surface area contributed by atoms with E-state index in [9.17, 15) is 4.79 Å². The predicted molar refractivity (Wildman–Crippen MR) is 102 cm³/mol. The van der Waals surface area contributed by atoms with Crippen LogP contribution in [0.3, 0.4) is 0 Å². The van der Waals surface area contributed by atoms with Crippen molar-refractivity contribution in [1.29, 1.82) is 0 Å². The van der Waals surface area contributed by atoms with Gasteiger partial charge in [-0.05, 0) is 52.3 Å². The minimum absolute atomic E-state index is 0.234. The zero-order valence-electron chi connectivity index (χ0n) is 13.5. The molecule has 1 aromatic carbocycles. The molecule has 0 radical (unpaired) electrons. The highest BCUT2D eigenvalue weighted by atomic mass is 79.9. The molecule has 0 saturated heterocycles. The Morgan fingerprint density at radius 2 is 2.04 bits per heavy atom. The van der Waals surface area contributed by atoms with E-state index in [1.54, 1.807) is 24.4 Å². The van der Waals surface area contributed by atoms with E-state index in [1.807, 2.05) is 47.1 Å². The van der Waals surface area contributed by atoms with Crippen molar-refractivity contribution >= 4 is 39.4 Å². The molecule has 0 aliphatic rings. The van der Waals surface area contributed by atoms with E-state index in [1.165, 1.54) is 6.08 Å². The third-order valence-corrected chi connectivity index (χ3v) is 4.10. The van der Waals surface area contributed by atoms with Crippen LogP contribution in [0.4, 0.5) is 5.69 Å². The summed E-state index contributed by atoms with van der Waals surface area (Å²) in [5.41, 5.74) is 2.47. The van der Waals surface area contributed by atoms with Crippen LogP contribution in [0, 0.1) is 0 Å². The number of carbonyl (C=O) groups excluding carboxylic acids is 1. The maximum Gasteiger partial charge on any atom is 0.248 e. The summed E-state index contributed by atoms with van der Waals surface area (Å²) in [6.45, 7) is 0. The lowest BCUT2D eigenvalue weighted by Crippen LogP contribution is -2.07. The Labute approximate surface area is 157 Å². The van der Waals surface area contributed by atoms with Crippen molar-refractivity contribution in [2.24, 2.45) is 0 Å². The lowest BCUT2D eigenvalue weighted by Gasteiger charge is -2.03. The first-order valence-corrected chi connectivity index (χ1v) is 8.61. The zero-order chi connectivity index (χ0) is 17.9. The van der Waals surface area contributed by atoms with E-state index in [4.69, 9.17) is 4.42 Å². The number of nitrogens with zero attached hydrogens (tertiary/aromatic N) is 3. The molecular formula is C19H13BrN4O2. The first-order chi connectivity index (χ1) is 12.7. The molecule has 3 aromatic heterocycles. The minimum Gasteiger partial charge on any atom is -0.450 e. The number of halogens is 1. The Hall–Kier alpha value is -3.19. The summed E-state index contributed by atoms with van der Waals surface area (Å²) in [5.74, 6) is 1.01. The molecule has 0 unspecified atom stereocenters. The normalized spacial score (nSPS) is 11.3. The average Bonchev–Trinajstić information content (AvgIpc) is 3.26. The standard InChI is InChI=1S/C19H13BrN4O2/c20-17-8-6-15(26-17)7-9-18(25)22-14-4-2-13(3-5-14)16-12-24-11-1-10-21-19(24)23-16/h1-12H,(H,22,25)/b9-7+. The molecule has 7 heteroatoms. The Morgan fingerprint density at radius 1 is 1.19 bits per heavy atom. The molecule has 4 aromatic rings. The number of furan rings is 1. The van der Waals surface area contributed by atoms with E-state index < -0.39 is 0 Å². The zero-order valence-corrected chi connectivity index (χ0v) is 15.1. The van der Waals surface area contributed by atoms with Crippen LogP contribution in [-0.4, -0.2) is 20.3 Å². The maximum absolute atomic E-state index is 12.0. The van der Waals surface area contributed by atoms with E-state index in [0.29, 0.717) is 21.9 Å². The number of anilines is 1. The van der Waals surface area contributed by atoms with E-state index in [-0.39, 0.29) is 5.91 Å². The molecule has 1 amide bonds. The van der Waals surface area contributed by atoms with Gasteiger partial charge in [-0.15, -0.1) is 0 Å². The van der Waals surface area contributed by atoms with Gasteiger partial charge >= 0.3 is 0 Å². The summed E-state index contributed by atoms with van der Waals surface area (Å²) in [4.78, 5) is 20.7. The highest BCUT2D eigenvalue weighted by molar-refractivity contribution is 9.10. The molecule has 0 atom stereocenters. The van der Waals surface area contributed by atoms with Crippen LogP contribution in [0.5, 0.6) is 0 Å². The van der Waals surface area contributed by atoms with Crippen molar-refractivity contribution in [2.75, 3.05) is 5.32 Å². The molecule has 3 heterocycles. The fourth-order valence-electron chi connectivity index (χ4n) is 2.45. The summed E-state index contributed by atoms with van der Waals surface area (Å²) >= 11 is 3.22. The van der Waals surface area contributed by atoms with Crippen LogP contribution in [0.25, 0.3) is 23.1 Å². The molecule has 0 aliphatic carbocycles. The molecule has 0 spiro atoms. The van der Waals surface area contributed by atoms with Gasteiger partial charge in [0.05, 0.1) is 5.69 Å². The molecule has 1 N–H and O–H groups in total. The molecule has 0 fully saturated rings. The van der Waals surface area contributed by atoms with Crippen LogP contribution >= 0.6 is 15.9 Å². The van der Waals surface area contributed by atoms with Gasteiger partial charge in [-0.3, -0.25) is 9.20 Å². The van der Waals surface area contributed by atoms with Gasteiger partial charge < -0.3 is 9.73 Å². The van der Waals surface area contributed by atoms with Crippen molar-refractivity contribution in [3.63, 3.8) is 0 Å². The van der Waals surface area contributed by atoms with Gasteiger partial charge in [0.1, 0.15) is 5.76 Å². The van der Waals surface area contributed by atoms with Crippen molar-refractivity contribution in [3.8, 4) is 11.3 Å².